The number of carbonyl (C=O) groups excluding carboxylic acids is 1. The van der Waals surface area contributed by atoms with Gasteiger partial charge >= 0.3 is 0 Å². The Morgan fingerprint density at radius 3 is 2.09 bits per heavy atom. The zero-order valence-electron chi connectivity index (χ0n) is 13.5. The summed E-state index contributed by atoms with van der Waals surface area (Å²) in [5.74, 6) is 0.0943. The SMILES string of the molecule is CN(CC(=O)N(c1ccccc1)c1ccccc1)C1CCNC1. The van der Waals surface area contributed by atoms with Gasteiger partial charge in [-0.15, -0.1) is 0 Å². The van der Waals surface area contributed by atoms with E-state index in [2.05, 4.69) is 10.2 Å². The molecule has 1 aliphatic rings. The molecule has 4 nitrogen and oxygen atoms in total. The van der Waals surface area contributed by atoms with E-state index in [1.54, 1.807) is 4.90 Å². The van der Waals surface area contributed by atoms with Crippen LogP contribution in [-0.4, -0.2) is 43.5 Å². The highest BCUT2D eigenvalue weighted by Gasteiger charge is 2.24. The Morgan fingerprint density at radius 2 is 1.61 bits per heavy atom. The maximum atomic E-state index is 13.0. The fourth-order valence-electron chi connectivity index (χ4n) is 3.02. The van der Waals surface area contributed by atoms with Crippen molar-refractivity contribution in [3.05, 3.63) is 60.7 Å². The third kappa shape index (κ3) is 3.78. The molecule has 0 saturated carbocycles. The molecule has 4 heteroatoms. The maximum Gasteiger partial charge on any atom is 0.245 e. The topological polar surface area (TPSA) is 35.6 Å². The predicted octanol–water partition coefficient (Wildman–Crippen LogP) is 2.65. The van der Waals surface area contributed by atoms with Gasteiger partial charge in [-0.3, -0.25) is 14.6 Å². The first kappa shape index (κ1) is 15.7. The molecule has 3 rings (SSSR count). The first-order valence-electron chi connectivity index (χ1n) is 8.10. The molecule has 0 aliphatic carbocycles. The second kappa shape index (κ2) is 7.40. The number of amides is 1. The summed E-state index contributed by atoms with van der Waals surface area (Å²) >= 11 is 0. The summed E-state index contributed by atoms with van der Waals surface area (Å²) < 4.78 is 0. The van der Waals surface area contributed by atoms with E-state index in [0.717, 1.165) is 30.9 Å². The number of hydrogen-bond acceptors (Lipinski definition) is 3. The van der Waals surface area contributed by atoms with Gasteiger partial charge in [0.1, 0.15) is 0 Å². The number of rotatable bonds is 5. The van der Waals surface area contributed by atoms with E-state index in [1.165, 1.54) is 0 Å². The van der Waals surface area contributed by atoms with Crippen LogP contribution in [0, 0.1) is 0 Å². The third-order valence-corrected chi connectivity index (χ3v) is 4.32. The van der Waals surface area contributed by atoms with E-state index in [9.17, 15) is 4.79 Å². The number of likely N-dealkylation sites (N-methyl/N-ethyl adjacent to an activating group) is 1. The molecule has 2 aromatic carbocycles. The Hall–Kier alpha value is -2.17. The molecule has 1 heterocycles. The third-order valence-electron chi connectivity index (χ3n) is 4.32. The van der Waals surface area contributed by atoms with E-state index < -0.39 is 0 Å². The molecule has 1 fully saturated rings. The van der Waals surface area contributed by atoms with Crippen LogP contribution in [-0.2, 0) is 4.79 Å². The Kier molecular flexibility index (Phi) is 5.05. The van der Waals surface area contributed by atoms with Gasteiger partial charge in [0.05, 0.1) is 6.54 Å². The van der Waals surface area contributed by atoms with Crippen LogP contribution >= 0.6 is 0 Å². The quantitative estimate of drug-likeness (QED) is 0.922. The normalized spacial score (nSPS) is 17.4. The van der Waals surface area contributed by atoms with Crippen molar-refractivity contribution in [3.8, 4) is 0 Å². The summed E-state index contributed by atoms with van der Waals surface area (Å²) in [5, 5.41) is 3.35. The molecule has 1 saturated heterocycles. The standard InChI is InChI=1S/C19H23N3O/c1-21(18-12-13-20-14-18)15-19(23)22(16-8-4-2-5-9-16)17-10-6-3-7-11-17/h2-11,18,20H,12-15H2,1H3. The molecule has 1 atom stereocenters. The highest BCUT2D eigenvalue weighted by atomic mass is 16.2. The van der Waals surface area contributed by atoms with Crippen molar-refractivity contribution in [2.75, 3.05) is 31.6 Å². The number of benzene rings is 2. The molecule has 23 heavy (non-hydrogen) atoms. The first-order chi connectivity index (χ1) is 11.3. The Labute approximate surface area is 137 Å². The van der Waals surface area contributed by atoms with Crippen molar-refractivity contribution in [1.29, 1.82) is 0 Å². The van der Waals surface area contributed by atoms with Crippen LogP contribution < -0.4 is 10.2 Å². The molecule has 1 amide bonds. The zero-order chi connectivity index (χ0) is 16.1. The molecule has 1 unspecified atom stereocenters. The van der Waals surface area contributed by atoms with Gasteiger partial charge in [0.2, 0.25) is 5.91 Å². The largest absolute Gasteiger partial charge is 0.315 e. The highest BCUT2D eigenvalue weighted by molar-refractivity contribution is 6.01. The number of para-hydroxylation sites is 2. The molecule has 1 N–H and O–H groups in total. The van der Waals surface area contributed by atoms with Crippen LogP contribution in [0.1, 0.15) is 6.42 Å². The Balaban J connectivity index is 1.82. The zero-order valence-corrected chi connectivity index (χ0v) is 13.5. The summed E-state index contributed by atoms with van der Waals surface area (Å²) in [7, 11) is 2.03. The van der Waals surface area contributed by atoms with Gasteiger partial charge in [0.25, 0.3) is 0 Å². The van der Waals surface area contributed by atoms with Crippen molar-refractivity contribution in [2.24, 2.45) is 0 Å². The fourth-order valence-corrected chi connectivity index (χ4v) is 3.02. The first-order valence-corrected chi connectivity index (χ1v) is 8.10. The van der Waals surface area contributed by atoms with E-state index >= 15 is 0 Å². The average Bonchev–Trinajstić information content (AvgIpc) is 3.12. The smallest absolute Gasteiger partial charge is 0.245 e. The second-order valence-electron chi connectivity index (χ2n) is 5.96. The summed E-state index contributed by atoms with van der Waals surface area (Å²) in [6.07, 6.45) is 1.10. The summed E-state index contributed by atoms with van der Waals surface area (Å²) in [4.78, 5) is 16.9. The molecule has 0 radical (unpaired) electrons. The van der Waals surface area contributed by atoms with Gasteiger partial charge in [-0.1, -0.05) is 36.4 Å². The van der Waals surface area contributed by atoms with E-state index in [0.29, 0.717) is 12.6 Å². The Bertz CT molecular complexity index is 584. The van der Waals surface area contributed by atoms with Crippen molar-refractivity contribution in [3.63, 3.8) is 0 Å². The molecule has 1 aliphatic heterocycles. The minimum Gasteiger partial charge on any atom is -0.315 e. The van der Waals surface area contributed by atoms with Crippen molar-refractivity contribution in [1.82, 2.24) is 10.2 Å². The second-order valence-corrected chi connectivity index (χ2v) is 5.96. The number of carbonyl (C=O) groups is 1. The van der Waals surface area contributed by atoms with Gasteiger partial charge in [-0.2, -0.15) is 0 Å². The number of nitrogens with zero attached hydrogens (tertiary/aromatic N) is 2. The van der Waals surface area contributed by atoms with Gasteiger partial charge in [0, 0.05) is 24.0 Å². The fraction of sp³-hybridized carbons (Fsp3) is 0.316. The maximum absolute atomic E-state index is 13.0. The molecule has 0 spiro atoms. The molecular weight excluding hydrogens is 286 g/mol. The van der Waals surface area contributed by atoms with Crippen LogP contribution in [0.3, 0.4) is 0 Å². The van der Waals surface area contributed by atoms with Crippen LogP contribution in [0.25, 0.3) is 0 Å². The molecule has 0 bridgehead atoms. The van der Waals surface area contributed by atoms with Crippen LogP contribution in [0.15, 0.2) is 60.7 Å². The van der Waals surface area contributed by atoms with Crippen molar-refractivity contribution < 1.29 is 4.79 Å². The van der Waals surface area contributed by atoms with Crippen molar-refractivity contribution in [2.45, 2.75) is 12.5 Å². The monoisotopic (exact) mass is 309 g/mol. The molecule has 2 aromatic rings. The lowest BCUT2D eigenvalue weighted by molar-refractivity contribution is -0.119. The molecular formula is C19H23N3O. The van der Waals surface area contributed by atoms with Crippen LogP contribution in [0.4, 0.5) is 11.4 Å². The highest BCUT2D eigenvalue weighted by Crippen LogP contribution is 2.25. The Morgan fingerprint density at radius 1 is 1.04 bits per heavy atom. The lowest BCUT2D eigenvalue weighted by atomic mass is 10.2. The predicted molar refractivity (Wildman–Crippen MR) is 93.9 cm³/mol. The molecule has 120 valence electrons. The van der Waals surface area contributed by atoms with Gasteiger partial charge in [-0.25, -0.2) is 0 Å². The van der Waals surface area contributed by atoms with E-state index in [1.807, 2.05) is 67.7 Å². The minimum absolute atomic E-state index is 0.0943. The average molecular weight is 309 g/mol. The number of anilines is 2. The van der Waals surface area contributed by atoms with E-state index in [4.69, 9.17) is 0 Å². The summed E-state index contributed by atoms with van der Waals surface area (Å²) in [6.45, 7) is 2.40. The van der Waals surface area contributed by atoms with E-state index in [-0.39, 0.29) is 5.91 Å². The van der Waals surface area contributed by atoms with Crippen LogP contribution in [0.5, 0.6) is 0 Å². The van der Waals surface area contributed by atoms with Gasteiger partial charge < -0.3 is 5.32 Å². The number of hydrogen-bond donors (Lipinski definition) is 1. The molecule has 0 aromatic heterocycles. The lowest BCUT2D eigenvalue weighted by Gasteiger charge is -2.28. The summed E-state index contributed by atoms with van der Waals surface area (Å²) in [6, 6.07) is 20.1. The van der Waals surface area contributed by atoms with Crippen LogP contribution in [0.2, 0.25) is 0 Å². The van der Waals surface area contributed by atoms with Gasteiger partial charge in [0.15, 0.2) is 0 Å². The van der Waals surface area contributed by atoms with Gasteiger partial charge in [-0.05, 0) is 44.3 Å². The lowest BCUT2D eigenvalue weighted by Crippen LogP contribution is -2.42. The number of nitrogens with one attached hydrogen (secondary N) is 1. The van der Waals surface area contributed by atoms with Crippen molar-refractivity contribution >= 4 is 17.3 Å². The summed E-state index contributed by atoms with van der Waals surface area (Å²) in [5.41, 5.74) is 1.81. The minimum atomic E-state index is 0.0943.